The number of rotatable bonds is 2. The van der Waals surface area contributed by atoms with Crippen molar-refractivity contribution in [2.45, 2.75) is 82.8 Å². The molecule has 2 aliphatic heterocycles. The molecule has 2 bridgehead atoms. The topological polar surface area (TPSA) is 22.8 Å². The van der Waals surface area contributed by atoms with Gasteiger partial charge < -0.3 is 14.3 Å². The summed E-state index contributed by atoms with van der Waals surface area (Å²) in [6.07, 6.45) is 6.24. The number of hydrogen-bond donors (Lipinski definition) is 0. The molecule has 3 heteroatoms. The van der Waals surface area contributed by atoms with Gasteiger partial charge in [0, 0.05) is 19.8 Å². The Labute approximate surface area is 116 Å². The van der Waals surface area contributed by atoms with Crippen LogP contribution in [0.1, 0.15) is 52.9 Å². The van der Waals surface area contributed by atoms with Gasteiger partial charge in [-0.1, -0.05) is 13.8 Å². The van der Waals surface area contributed by atoms with Crippen molar-refractivity contribution in [2.75, 3.05) is 0 Å². The van der Waals surface area contributed by atoms with Gasteiger partial charge >= 0.3 is 0 Å². The fourth-order valence-corrected chi connectivity index (χ4v) is 4.31. The number of ether oxygens (including phenoxy) is 2. The minimum atomic E-state index is -0.0265. The van der Waals surface area contributed by atoms with Crippen LogP contribution in [-0.4, -0.2) is 30.0 Å². The summed E-state index contributed by atoms with van der Waals surface area (Å²) >= 11 is 0. The Balaban J connectivity index is 1.73. The molecule has 19 heavy (non-hydrogen) atoms. The van der Waals surface area contributed by atoms with Crippen molar-refractivity contribution in [1.82, 2.24) is 0 Å². The number of fused-ring (bicyclic) bond motifs is 1. The van der Waals surface area contributed by atoms with E-state index in [-0.39, 0.29) is 17.7 Å². The molecule has 2 unspecified atom stereocenters. The molecule has 3 fully saturated rings. The first-order chi connectivity index (χ1) is 9.04. The summed E-state index contributed by atoms with van der Waals surface area (Å²) < 4.78 is 12.7. The van der Waals surface area contributed by atoms with Crippen LogP contribution >= 0.6 is 0 Å². The Kier molecular flexibility index (Phi) is 3.35. The minimum absolute atomic E-state index is 0.0265. The Morgan fingerprint density at radius 1 is 1.32 bits per heavy atom. The number of hydrogen-bond acceptors (Lipinski definition) is 2. The molecule has 2 saturated heterocycles. The molecule has 1 saturated carbocycles. The quantitative estimate of drug-likeness (QED) is 0.712. The highest BCUT2D eigenvalue weighted by atomic mass is 16.6. The zero-order valence-electron chi connectivity index (χ0n) is 12.3. The van der Waals surface area contributed by atoms with Crippen LogP contribution < -0.4 is 0 Å². The molecule has 0 N–H and O–H groups in total. The van der Waals surface area contributed by atoms with Gasteiger partial charge in [0.05, 0.1) is 23.9 Å². The molecular formula is C16H25NO2. The molecule has 3 nitrogen and oxygen atoms in total. The smallest absolute Gasteiger partial charge is 0.223 e. The monoisotopic (exact) mass is 263 g/mol. The Morgan fingerprint density at radius 2 is 2.11 bits per heavy atom. The fourth-order valence-electron chi connectivity index (χ4n) is 4.31. The molecule has 1 aliphatic carbocycles. The molecular weight excluding hydrogens is 238 g/mol. The second-order valence-corrected chi connectivity index (χ2v) is 7.00. The van der Waals surface area contributed by atoms with Crippen molar-refractivity contribution in [3.8, 4) is 0 Å². The molecule has 2 heterocycles. The molecule has 1 spiro atoms. The molecule has 106 valence electrons. The van der Waals surface area contributed by atoms with Crippen LogP contribution in [0.5, 0.6) is 0 Å². The highest BCUT2D eigenvalue weighted by Gasteiger charge is 2.58. The van der Waals surface area contributed by atoms with Crippen molar-refractivity contribution in [3.05, 3.63) is 11.4 Å². The molecule has 0 aromatic heterocycles. The first-order valence-electron chi connectivity index (χ1n) is 7.74. The summed E-state index contributed by atoms with van der Waals surface area (Å²) in [6, 6.07) is 0.0796. The highest BCUT2D eigenvalue weighted by molar-refractivity contribution is 5.07. The van der Waals surface area contributed by atoms with E-state index in [4.69, 9.17) is 16.0 Å². The van der Waals surface area contributed by atoms with Gasteiger partial charge in [-0.05, 0) is 31.1 Å². The summed E-state index contributed by atoms with van der Waals surface area (Å²) in [5.41, 5.74) is -0.0265. The van der Waals surface area contributed by atoms with Crippen LogP contribution in [0.25, 0.3) is 4.85 Å². The average Bonchev–Trinajstić information content (AvgIpc) is 2.70. The van der Waals surface area contributed by atoms with E-state index >= 15 is 0 Å². The van der Waals surface area contributed by atoms with Crippen LogP contribution in [0.15, 0.2) is 0 Å². The summed E-state index contributed by atoms with van der Waals surface area (Å²) in [6.45, 7) is 13.8. The van der Waals surface area contributed by atoms with Crippen molar-refractivity contribution < 1.29 is 9.47 Å². The molecule has 0 aromatic rings. The van der Waals surface area contributed by atoms with Gasteiger partial charge in [-0.3, -0.25) is 0 Å². The predicted molar refractivity (Wildman–Crippen MR) is 73.7 cm³/mol. The molecule has 0 aromatic carbocycles. The second-order valence-electron chi connectivity index (χ2n) is 7.00. The largest absolute Gasteiger partial charge is 0.372 e. The van der Waals surface area contributed by atoms with E-state index in [1.54, 1.807) is 0 Å². The number of nitrogens with zero attached hydrogens (tertiary/aromatic N) is 1. The summed E-state index contributed by atoms with van der Waals surface area (Å²) in [7, 11) is 0. The van der Waals surface area contributed by atoms with Gasteiger partial charge in [-0.25, -0.2) is 6.57 Å². The summed E-state index contributed by atoms with van der Waals surface area (Å²) in [5.74, 6) is 1.33. The summed E-state index contributed by atoms with van der Waals surface area (Å²) in [4.78, 5) is 3.61. The van der Waals surface area contributed by atoms with Gasteiger partial charge in [0.2, 0.25) is 6.04 Å². The van der Waals surface area contributed by atoms with Crippen molar-refractivity contribution >= 4 is 0 Å². The fraction of sp³-hybridized carbons (Fsp3) is 0.938. The van der Waals surface area contributed by atoms with E-state index in [1.807, 2.05) is 6.92 Å². The third kappa shape index (κ3) is 2.19. The van der Waals surface area contributed by atoms with Crippen LogP contribution in [-0.2, 0) is 9.47 Å². The van der Waals surface area contributed by atoms with Crippen molar-refractivity contribution in [1.29, 1.82) is 0 Å². The maximum atomic E-state index is 7.11. The Morgan fingerprint density at radius 3 is 2.84 bits per heavy atom. The van der Waals surface area contributed by atoms with Gasteiger partial charge in [-0.15, -0.1) is 0 Å². The van der Waals surface area contributed by atoms with Crippen LogP contribution in [0, 0.1) is 18.4 Å². The lowest BCUT2D eigenvalue weighted by Crippen LogP contribution is -2.51. The van der Waals surface area contributed by atoms with Gasteiger partial charge in [0.25, 0.3) is 0 Å². The maximum absolute atomic E-state index is 7.11. The third-order valence-corrected chi connectivity index (χ3v) is 5.60. The van der Waals surface area contributed by atoms with Gasteiger partial charge in [0.15, 0.2) is 0 Å². The summed E-state index contributed by atoms with van der Waals surface area (Å²) in [5, 5.41) is 0. The first kappa shape index (κ1) is 13.4. The van der Waals surface area contributed by atoms with Crippen molar-refractivity contribution in [3.63, 3.8) is 0 Å². The second kappa shape index (κ2) is 4.75. The molecule has 0 radical (unpaired) electrons. The Bertz CT molecular complexity index is 391. The lowest BCUT2D eigenvalue weighted by molar-refractivity contribution is -0.170. The maximum Gasteiger partial charge on any atom is 0.223 e. The minimum Gasteiger partial charge on any atom is -0.372 e. The highest BCUT2D eigenvalue weighted by Crippen LogP contribution is 2.53. The SMILES string of the molecule is [C-]#[N+][C@H](C)C[C@H]1CC[C@@H]2O[C@H]3C[C@]2(CC(C)C3C)O1. The first-order valence-corrected chi connectivity index (χ1v) is 7.74. The van der Waals surface area contributed by atoms with Gasteiger partial charge in [0.1, 0.15) is 0 Å². The van der Waals surface area contributed by atoms with Gasteiger partial charge in [-0.2, -0.15) is 0 Å². The van der Waals surface area contributed by atoms with E-state index in [1.165, 1.54) is 0 Å². The lowest BCUT2D eigenvalue weighted by atomic mass is 9.70. The van der Waals surface area contributed by atoms with E-state index in [0.717, 1.165) is 32.1 Å². The average molecular weight is 263 g/mol. The van der Waals surface area contributed by atoms with Crippen LogP contribution in [0.3, 0.4) is 0 Å². The standard InChI is InChI=1S/C16H25NO2/c1-10-8-16-9-14(12(10)3)18-15(16)6-5-13(19-16)7-11(2)17-4/h10-15H,5-9H2,1-3H3/t10?,11-,12?,13-,14+,15+,16+/m1/s1. The molecule has 0 amide bonds. The zero-order valence-corrected chi connectivity index (χ0v) is 12.3. The van der Waals surface area contributed by atoms with E-state index in [2.05, 4.69) is 18.7 Å². The molecule has 3 aliphatic rings. The Hall–Kier alpha value is -0.590. The molecule has 7 atom stereocenters. The molecule has 3 rings (SSSR count). The van der Waals surface area contributed by atoms with E-state index < -0.39 is 0 Å². The predicted octanol–water partition coefficient (Wildman–Crippen LogP) is 3.44. The van der Waals surface area contributed by atoms with Crippen LogP contribution in [0.4, 0.5) is 0 Å². The zero-order chi connectivity index (χ0) is 13.6. The van der Waals surface area contributed by atoms with Crippen molar-refractivity contribution in [2.24, 2.45) is 11.8 Å². The third-order valence-electron chi connectivity index (χ3n) is 5.60. The lowest BCUT2D eigenvalue weighted by Gasteiger charge is -2.45. The normalized spacial score (nSPS) is 50.3. The van der Waals surface area contributed by atoms with E-state index in [9.17, 15) is 0 Å². The van der Waals surface area contributed by atoms with Crippen LogP contribution in [0.2, 0.25) is 0 Å². The van der Waals surface area contributed by atoms with E-state index in [0.29, 0.717) is 24.0 Å².